The molecule has 0 aromatic heterocycles. The minimum atomic E-state index is -3.87. The lowest BCUT2D eigenvalue weighted by atomic mass is 10.1. The molecule has 23 heavy (non-hydrogen) atoms. The summed E-state index contributed by atoms with van der Waals surface area (Å²) < 4.78 is 22.6. The lowest BCUT2D eigenvalue weighted by Crippen LogP contribution is -2.18. The number of anilines is 1. The minimum absolute atomic E-state index is 0.139. The van der Waals surface area contributed by atoms with Crippen LogP contribution < -0.4 is 15.8 Å². The van der Waals surface area contributed by atoms with Gasteiger partial charge >= 0.3 is 0 Å². The molecule has 4 N–H and O–H groups in total. The quantitative estimate of drug-likeness (QED) is 0.771. The van der Waals surface area contributed by atoms with Crippen LogP contribution in [-0.2, 0) is 10.0 Å². The number of nitrogens with one attached hydrogen (secondary N) is 2. The molecule has 2 rings (SSSR count). The Kier molecular flexibility index (Phi) is 4.77. The van der Waals surface area contributed by atoms with Crippen molar-refractivity contribution in [1.82, 2.24) is 5.32 Å². The van der Waals surface area contributed by atoms with E-state index in [1.165, 1.54) is 31.3 Å². The van der Waals surface area contributed by atoms with E-state index < -0.39 is 15.9 Å². The molecule has 0 saturated carbocycles. The Balaban J connectivity index is 2.18. The van der Waals surface area contributed by atoms with E-state index in [-0.39, 0.29) is 16.4 Å². The van der Waals surface area contributed by atoms with E-state index in [1.54, 1.807) is 24.3 Å². The van der Waals surface area contributed by atoms with Gasteiger partial charge in [0.1, 0.15) is 0 Å². The van der Waals surface area contributed by atoms with Crippen LogP contribution >= 0.6 is 0 Å². The predicted octanol–water partition coefficient (Wildman–Crippen LogP) is 0.946. The number of carbonyl (C=O) groups is 2. The smallest absolute Gasteiger partial charge is 0.255 e. The molecule has 0 fully saturated rings. The fourth-order valence-electron chi connectivity index (χ4n) is 1.87. The van der Waals surface area contributed by atoms with E-state index in [2.05, 4.69) is 10.6 Å². The molecule has 0 aliphatic carbocycles. The second kappa shape index (κ2) is 6.59. The second-order valence-electron chi connectivity index (χ2n) is 4.68. The van der Waals surface area contributed by atoms with Crippen molar-refractivity contribution in [3.8, 4) is 0 Å². The highest BCUT2D eigenvalue weighted by atomic mass is 32.2. The summed E-state index contributed by atoms with van der Waals surface area (Å²) in [4.78, 5) is 23.4. The first-order valence-corrected chi connectivity index (χ1v) is 8.12. The van der Waals surface area contributed by atoms with Crippen LogP contribution in [0.3, 0.4) is 0 Å². The summed E-state index contributed by atoms with van der Waals surface area (Å²) in [7, 11) is -2.35. The second-order valence-corrected chi connectivity index (χ2v) is 6.24. The number of rotatable bonds is 4. The first-order valence-electron chi connectivity index (χ1n) is 6.57. The summed E-state index contributed by atoms with van der Waals surface area (Å²) in [5, 5.41) is 10.1. The van der Waals surface area contributed by atoms with E-state index in [4.69, 9.17) is 5.14 Å². The third kappa shape index (κ3) is 4.15. The zero-order valence-corrected chi connectivity index (χ0v) is 13.1. The van der Waals surface area contributed by atoms with E-state index in [9.17, 15) is 18.0 Å². The van der Waals surface area contributed by atoms with Crippen LogP contribution in [0, 0.1) is 0 Å². The minimum Gasteiger partial charge on any atom is -0.355 e. The highest BCUT2D eigenvalue weighted by molar-refractivity contribution is 7.89. The van der Waals surface area contributed by atoms with Crippen molar-refractivity contribution in [3.63, 3.8) is 0 Å². The number of hydrogen-bond donors (Lipinski definition) is 3. The van der Waals surface area contributed by atoms with Crippen molar-refractivity contribution in [3.05, 3.63) is 59.7 Å². The van der Waals surface area contributed by atoms with Crippen LogP contribution in [0.25, 0.3) is 0 Å². The van der Waals surface area contributed by atoms with Gasteiger partial charge in [0.25, 0.3) is 11.8 Å². The average molecular weight is 333 g/mol. The molecule has 0 aliphatic heterocycles. The Morgan fingerprint density at radius 2 is 1.61 bits per heavy atom. The molecule has 2 aromatic carbocycles. The number of benzene rings is 2. The lowest BCUT2D eigenvalue weighted by molar-refractivity contribution is 0.0962. The number of sulfonamides is 1. The van der Waals surface area contributed by atoms with E-state index in [0.717, 1.165) is 0 Å². The standard InChI is InChI=1S/C15H15N3O4S/c1-17-14(19)10-5-7-12(8-6-10)18-15(20)11-3-2-4-13(9-11)23(16,21)22/h2-9H,1H3,(H,17,19)(H,18,20)(H2,16,21,22). The molecule has 0 spiro atoms. The van der Waals surface area contributed by atoms with Gasteiger partial charge in [-0.25, -0.2) is 13.6 Å². The van der Waals surface area contributed by atoms with Gasteiger partial charge in [-0.05, 0) is 42.5 Å². The number of carbonyl (C=O) groups excluding carboxylic acids is 2. The molecule has 0 unspecified atom stereocenters. The first kappa shape index (κ1) is 16.7. The van der Waals surface area contributed by atoms with Gasteiger partial charge in [0.15, 0.2) is 0 Å². The summed E-state index contributed by atoms with van der Waals surface area (Å²) in [5.41, 5.74) is 1.09. The molecule has 0 aliphatic rings. The van der Waals surface area contributed by atoms with Crippen LogP contribution in [0.1, 0.15) is 20.7 Å². The SMILES string of the molecule is CNC(=O)c1ccc(NC(=O)c2cccc(S(N)(=O)=O)c2)cc1. The van der Waals surface area contributed by atoms with Crippen LogP contribution in [0.4, 0.5) is 5.69 Å². The molecule has 120 valence electrons. The van der Waals surface area contributed by atoms with Gasteiger partial charge in [-0.3, -0.25) is 9.59 Å². The summed E-state index contributed by atoms with van der Waals surface area (Å²) >= 11 is 0. The van der Waals surface area contributed by atoms with Crippen molar-refractivity contribution < 1.29 is 18.0 Å². The molecule has 2 aromatic rings. The largest absolute Gasteiger partial charge is 0.355 e. The third-order valence-electron chi connectivity index (χ3n) is 3.06. The maximum atomic E-state index is 12.1. The Bertz CT molecular complexity index is 845. The third-order valence-corrected chi connectivity index (χ3v) is 3.97. The van der Waals surface area contributed by atoms with E-state index >= 15 is 0 Å². The van der Waals surface area contributed by atoms with E-state index in [0.29, 0.717) is 11.3 Å². The summed E-state index contributed by atoms with van der Waals surface area (Å²) in [5.74, 6) is -0.716. The molecule has 0 atom stereocenters. The highest BCUT2D eigenvalue weighted by Crippen LogP contribution is 2.14. The molecule has 0 radical (unpaired) electrons. The Labute approximate surface area is 133 Å². The van der Waals surface area contributed by atoms with Crippen molar-refractivity contribution in [2.45, 2.75) is 4.90 Å². The van der Waals surface area contributed by atoms with Crippen LogP contribution in [0.15, 0.2) is 53.4 Å². The number of nitrogens with two attached hydrogens (primary N) is 1. The van der Waals surface area contributed by atoms with Crippen LogP contribution in [-0.4, -0.2) is 27.3 Å². The van der Waals surface area contributed by atoms with Crippen molar-refractivity contribution in [1.29, 1.82) is 0 Å². The zero-order chi connectivity index (χ0) is 17.0. The zero-order valence-electron chi connectivity index (χ0n) is 12.2. The average Bonchev–Trinajstić information content (AvgIpc) is 2.54. The molecule has 7 nitrogen and oxygen atoms in total. The molecular weight excluding hydrogens is 318 g/mol. The van der Waals surface area contributed by atoms with Gasteiger partial charge in [0, 0.05) is 23.9 Å². The number of amides is 2. The van der Waals surface area contributed by atoms with Crippen molar-refractivity contribution in [2.75, 3.05) is 12.4 Å². The lowest BCUT2D eigenvalue weighted by Gasteiger charge is -2.07. The van der Waals surface area contributed by atoms with Gasteiger partial charge in [0.2, 0.25) is 10.0 Å². The maximum absolute atomic E-state index is 12.1. The predicted molar refractivity (Wildman–Crippen MR) is 85.6 cm³/mol. The number of primary sulfonamides is 1. The molecule has 0 heterocycles. The molecular formula is C15H15N3O4S. The van der Waals surface area contributed by atoms with Crippen molar-refractivity contribution >= 4 is 27.5 Å². The first-order chi connectivity index (χ1) is 10.8. The molecule has 8 heteroatoms. The van der Waals surface area contributed by atoms with Gasteiger partial charge in [-0.1, -0.05) is 6.07 Å². The topological polar surface area (TPSA) is 118 Å². The van der Waals surface area contributed by atoms with Gasteiger partial charge in [0.05, 0.1) is 4.90 Å². The fourth-order valence-corrected chi connectivity index (χ4v) is 2.43. The van der Waals surface area contributed by atoms with E-state index in [1.807, 2.05) is 0 Å². The Hall–Kier alpha value is -2.71. The normalized spacial score (nSPS) is 10.9. The summed E-state index contributed by atoms with van der Waals surface area (Å²) in [6.07, 6.45) is 0. The monoisotopic (exact) mass is 333 g/mol. The Morgan fingerprint density at radius 1 is 0.957 bits per heavy atom. The summed E-state index contributed by atoms with van der Waals surface area (Å²) in [6, 6.07) is 11.7. The number of hydrogen-bond acceptors (Lipinski definition) is 4. The summed E-state index contributed by atoms with van der Waals surface area (Å²) in [6.45, 7) is 0. The Morgan fingerprint density at radius 3 is 2.17 bits per heavy atom. The van der Waals surface area contributed by atoms with Crippen LogP contribution in [0.2, 0.25) is 0 Å². The van der Waals surface area contributed by atoms with Gasteiger partial charge in [-0.15, -0.1) is 0 Å². The molecule has 2 amide bonds. The van der Waals surface area contributed by atoms with Gasteiger partial charge in [-0.2, -0.15) is 0 Å². The van der Waals surface area contributed by atoms with Gasteiger partial charge < -0.3 is 10.6 Å². The molecule has 0 bridgehead atoms. The molecule has 0 saturated heterocycles. The fraction of sp³-hybridized carbons (Fsp3) is 0.0667. The highest BCUT2D eigenvalue weighted by Gasteiger charge is 2.12. The van der Waals surface area contributed by atoms with Crippen molar-refractivity contribution in [2.24, 2.45) is 5.14 Å². The van der Waals surface area contributed by atoms with Crippen LogP contribution in [0.5, 0.6) is 0 Å². The maximum Gasteiger partial charge on any atom is 0.255 e.